The molecule has 0 aliphatic heterocycles. The number of thiophene rings is 2. The highest BCUT2D eigenvalue weighted by molar-refractivity contribution is 7.13. The van der Waals surface area contributed by atoms with Crippen LogP contribution in [0.1, 0.15) is 20.7 Å². The Kier molecular flexibility index (Phi) is 3.60. The summed E-state index contributed by atoms with van der Waals surface area (Å²) in [5.74, 6) is 6.52. The zero-order valence-corrected chi connectivity index (χ0v) is 10.8. The smallest absolute Gasteiger partial charge is 0.134 e. The van der Waals surface area contributed by atoms with Crippen molar-refractivity contribution in [3.8, 4) is 5.75 Å². The van der Waals surface area contributed by atoms with Crippen molar-refractivity contribution in [1.29, 1.82) is 0 Å². The SMILES string of the molecule is COc1ccsc1C(NN)c1ccc(C)s1. The van der Waals surface area contributed by atoms with Crippen LogP contribution in [0, 0.1) is 6.92 Å². The molecule has 3 N–H and O–H groups in total. The lowest BCUT2D eigenvalue weighted by Gasteiger charge is -2.14. The molecule has 2 heterocycles. The summed E-state index contributed by atoms with van der Waals surface area (Å²) >= 11 is 3.40. The van der Waals surface area contributed by atoms with Crippen LogP contribution in [0.4, 0.5) is 0 Å². The minimum Gasteiger partial charge on any atom is -0.496 e. The monoisotopic (exact) mass is 254 g/mol. The minimum atomic E-state index is 0.0219. The van der Waals surface area contributed by atoms with E-state index in [1.165, 1.54) is 9.75 Å². The Hall–Kier alpha value is -0.880. The molecule has 0 radical (unpaired) electrons. The van der Waals surface area contributed by atoms with Crippen molar-refractivity contribution >= 4 is 22.7 Å². The number of hydrazine groups is 1. The third-order valence-corrected chi connectivity index (χ3v) is 4.38. The second kappa shape index (κ2) is 4.97. The van der Waals surface area contributed by atoms with Gasteiger partial charge in [0.2, 0.25) is 0 Å². The number of rotatable bonds is 4. The summed E-state index contributed by atoms with van der Waals surface area (Å²) in [7, 11) is 1.68. The Labute approximate surface area is 103 Å². The normalized spacial score (nSPS) is 12.7. The number of aryl methyl sites for hydroxylation is 1. The topological polar surface area (TPSA) is 47.3 Å². The van der Waals surface area contributed by atoms with E-state index in [4.69, 9.17) is 10.6 Å². The molecule has 0 spiro atoms. The van der Waals surface area contributed by atoms with Crippen molar-refractivity contribution in [2.24, 2.45) is 5.84 Å². The molecule has 86 valence electrons. The van der Waals surface area contributed by atoms with Gasteiger partial charge in [-0.1, -0.05) is 0 Å². The van der Waals surface area contributed by atoms with Crippen LogP contribution in [0.2, 0.25) is 0 Å². The maximum absolute atomic E-state index is 5.64. The third-order valence-electron chi connectivity index (χ3n) is 2.35. The van der Waals surface area contributed by atoms with Crippen LogP contribution in [0.15, 0.2) is 23.6 Å². The second-order valence-corrected chi connectivity index (χ2v) is 5.67. The van der Waals surface area contributed by atoms with Gasteiger partial charge in [-0.15, -0.1) is 22.7 Å². The Morgan fingerprint density at radius 1 is 1.38 bits per heavy atom. The standard InChI is InChI=1S/C11H14N2OS2/c1-7-3-4-9(16-7)10(13-12)11-8(14-2)5-6-15-11/h3-6,10,13H,12H2,1-2H3. The molecular weight excluding hydrogens is 240 g/mol. The molecule has 2 aromatic heterocycles. The van der Waals surface area contributed by atoms with E-state index in [9.17, 15) is 0 Å². The van der Waals surface area contributed by atoms with E-state index in [-0.39, 0.29) is 6.04 Å². The molecule has 1 atom stereocenters. The molecule has 0 aliphatic carbocycles. The third kappa shape index (κ3) is 2.12. The molecule has 0 amide bonds. The molecule has 1 unspecified atom stereocenters. The first-order valence-corrected chi connectivity index (χ1v) is 6.59. The van der Waals surface area contributed by atoms with E-state index in [2.05, 4.69) is 24.5 Å². The molecule has 0 aromatic carbocycles. The Balaban J connectivity index is 2.36. The quantitative estimate of drug-likeness (QED) is 0.651. The van der Waals surface area contributed by atoms with Crippen LogP contribution >= 0.6 is 22.7 Å². The molecular formula is C11H14N2OS2. The minimum absolute atomic E-state index is 0.0219. The van der Waals surface area contributed by atoms with Crippen molar-refractivity contribution in [3.63, 3.8) is 0 Å². The van der Waals surface area contributed by atoms with E-state index >= 15 is 0 Å². The van der Waals surface area contributed by atoms with E-state index in [1.807, 2.05) is 11.4 Å². The predicted octanol–water partition coefficient (Wildman–Crippen LogP) is 2.68. The molecule has 5 heteroatoms. The number of ether oxygens (including phenoxy) is 1. The van der Waals surface area contributed by atoms with E-state index in [0.29, 0.717) is 0 Å². The first-order chi connectivity index (χ1) is 7.76. The van der Waals surface area contributed by atoms with Crippen molar-refractivity contribution in [2.75, 3.05) is 7.11 Å². The molecule has 0 bridgehead atoms. The fourth-order valence-electron chi connectivity index (χ4n) is 1.58. The van der Waals surface area contributed by atoms with Crippen LogP contribution in [0.3, 0.4) is 0 Å². The lowest BCUT2D eigenvalue weighted by atomic mass is 10.2. The van der Waals surface area contributed by atoms with Gasteiger partial charge >= 0.3 is 0 Å². The summed E-state index contributed by atoms with van der Waals surface area (Å²) in [6.07, 6.45) is 0. The van der Waals surface area contributed by atoms with Gasteiger partial charge < -0.3 is 4.74 Å². The fraction of sp³-hybridized carbons (Fsp3) is 0.273. The largest absolute Gasteiger partial charge is 0.496 e. The Morgan fingerprint density at radius 3 is 2.75 bits per heavy atom. The van der Waals surface area contributed by atoms with Crippen LogP contribution in [-0.2, 0) is 0 Å². The summed E-state index contributed by atoms with van der Waals surface area (Å²) < 4.78 is 5.32. The molecule has 3 nitrogen and oxygen atoms in total. The number of nitrogens with one attached hydrogen (secondary N) is 1. The Morgan fingerprint density at radius 2 is 2.19 bits per heavy atom. The van der Waals surface area contributed by atoms with Gasteiger partial charge in [-0.3, -0.25) is 5.84 Å². The average Bonchev–Trinajstić information content (AvgIpc) is 2.89. The van der Waals surface area contributed by atoms with E-state index in [0.717, 1.165) is 10.6 Å². The van der Waals surface area contributed by atoms with Crippen molar-refractivity contribution in [3.05, 3.63) is 38.2 Å². The number of hydrogen-bond acceptors (Lipinski definition) is 5. The van der Waals surface area contributed by atoms with Gasteiger partial charge in [0.15, 0.2) is 0 Å². The summed E-state index contributed by atoms with van der Waals surface area (Å²) in [5, 5.41) is 2.01. The molecule has 0 saturated heterocycles. The highest BCUT2D eigenvalue weighted by Gasteiger charge is 2.19. The highest BCUT2D eigenvalue weighted by Crippen LogP contribution is 2.36. The number of nitrogens with two attached hydrogens (primary N) is 1. The summed E-state index contributed by atoms with van der Waals surface area (Å²) in [5.41, 5.74) is 2.85. The predicted molar refractivity (Wildman–Crippen MR) is 69.1 cm³/mol. The average molecular weight is 254 g/mol. The maximum atomic E-state index is 5.64. The molecule has 0 aliphatic rings. The van der Waals surface area contributed by atoms with Crippen LogP contribution in [-0.4, -0.2) is 7.11 Å². The van der Waals surface area contributed by atoms with Crippen LogP contribution in [0.5, 0.6) is 5.75 Å². The van der Waals surface area contributed by atoms with Crippen LogP contribution < -0.4 is 16.0 Å². The van der Waals surface area contributed by atoms with Gasteiger partial charge in [-0.05, 0) is 30.5 Å². The zero-order chi connectivity index (χ0) is 11.5. The molecule has 2 aromatic rings. The summed E-state index contributed by atoms with van der Waals surface area (Å²) in [6, 6.07) is 6.19. The van der Waals surface area contributed by atoms with Gasteiger partial charge in [0, 0.05) is 9.75 Å². The lowest BCUT2D eigenvalue weighted by molar-refractivity contribution is 0.408. The molecule has 0 fully saturated rings. The summed E-state index contributed by atoms with van der Waals surface area (Å²) in [6.45, 7) is 2.09. The molecule has 0 saturated carbocycles. The first-order valence-electron chi connectivity index (χ1n) is 4.90. The lowest BCUT2D eigenvalue weighted by Crippen LogP contribution is -2.27. The highest BCUT2D eigenvalue weighted by atomic mass is 32.1. The molecule has 2 rings (SSSR count). The first kappa shape index (κ1) is 11.6. The molecule has 16 heavy (non-hydrogen) atoms. The van der Waals surface area contributed by atoms with Gasteiger partial charge in [0.25, 0.3) is 0 Å². The Bertz CT molecular complexity index is 464. The van der Waals surface area contributed by atoms with E-state index < -0.39 is 0 Å². The second-order valence-electron chi connectivity index (χ2n) is 3.40. The van der Waals surface area contributed by atoms with Gasteiger partial charge in [-0.25, -0.2) is 5.43 Å². The number of hydrogen-bond donors (Lipinski definition) is 2. The van der Waals surface area contributed by atoms with Crippen molar-refractivity contribution in [1.82, 2.24) is 5.43 Å². The summed E-state index contributed by atoms with van der Waals surface area (Å²) in [4.78, 5) is 3.61. The zero-order valence-electron chi connectivity index (χ0n) is 9.19. The van der Waals surface area contributed by atoms with Crippen molar-refractivity contribution < 1.29 is 4.74 Å². The van der Waals surface area contributed by atoms with Gasteiger partial charge in [0.1, 0.15) is 5.75 Å². The fourth-order valence-corrected chi connectivity index (χ4v) is 3.54. The maximum Gasteiger partial charge on any atom is 0.134 e. The van der Waals surface area contributed by atoms with Gasteiger partial charge in [-0.2, -0.15) is 0 Å². The van der Waals surface area contributed by atoms with Gasteiger partial charge in [0.05, 0.1) is 18.0 Å². The van der Waals surface area contributed by atoms with E-state index in [1.54, 1.807) is 29.8 Å². The van der Waals surface area contributed by atoms with Crippen LogP contribution in [0.25, 0.3) is 0 Å². The van der Waals surface area contributed by atoms with Crippen molar-refractivity contribution in [2.45, 2.75) is 13.0 Å². The number of methoxy groups -OCH3 is 1.